The van der Waals surface area contributed by atoms with Crippen LogP contribution in [0.4, 0.5) is 11.4 Å². The van der Waals surface area contributed by atoms with Gasteiger partial charge in [0.05, 0.1) is 16.4 Å². The van der Waals surface area contributed by atoms with Crippen molar-refractivity contribution in [3.8, 4) is 0 Å². The first kappa shape index (κ1) is 11.9. The summed E-state index contributed by atoms with van der Waals surface area (Å²) in [6.45, 7) is 3.23. The van der Waals surface area contributed by atoms with Crippen molar-refractivity contribution in [3.05, 3.63) is 22.2 Å². The van der Waals surface area contributed by atoms with Gasteiger partial charge in [-0.05, 0) is 38.3 Å². The molecule has 1 aromatic rings. The number of nitrogens with two attached hydrogens (primary N) is 1. The maximum Gasteiger partial charge on any atom is 0.0792 e. The molecule has 1 aliphatic rings. The molecule has 0 spiro atoms. The van der Waals surface area contributed by atoms with Crippen LogP contribution in [-0.2, 0) is 0 Å². The van der Waals surface area contributed by atoms with Crippen molar-refractivity contribution in [2.75, 3.05) is 17.2 Å². The van der Waals surface area contributed by atoms with E-state index in [-0.39, 0.29) is 0 Å². The SMILES string of the molecule is C[C@@H]1CCCCN1c1c(N)cc(Cl)cc1Cl. The smallest absolute Gasteiger partial charge is 0.0792 e. The highest BCUT2D eigenvalue weighted by Gasteiger charge is 2.22. The molecule has 1 heterocycles. The topological polar surface area (TPSA) is 29.3 Å². The van der Waals surface area contributed by atoms with E-state index in [1.54, 1.807) is 12.1 Å². The van der Waals surface area contributed by atoms with E-state index in [4.69, 9.17) is 28.9 Å². The Morgan fingerprint density at radius 2 is 2.06 bits per heavy atom. The molecule has 0 aromatic heterocycles. The van der Waals surface area contributed by atoms with Gasteiger partial charge in [-0.15, -0.1) is 0 Å². The molecule has 16 heavy (non-hydrogen) atoms. The summed E-state index contributed by atoms with van der Waals surface area (Å²) >= 11 is 12.1. The van der Waals surface area contributed by atoms with Crippen LogP contribution in [-0.4, -0.2) is 12.6 Å². The number of halogens is 2. The minimum absolute atomic E-state index is 0.495. The molecule has 0 bridgehead atoms. The minimum Gasteiger partial charge on any atom is -0.397 e. The van der Waals surface area contributed by atoms with Crippen LogP contribution >= 0.6 is 23.2 Å². The van der Waals surface area contributed by atoms with Crippen LogP contribution in [0.3, 0.4) is 0 Å². The van der Waals surface area contributed by atoms with Crippen LogP contribution in [0.15, 0.2) is 12.1 Å². The quantitative estimate of drug-likeness (QED) is 0.773. The van der Waals surface area contributed by atoms with Gasteiger partial charge in [0.2, 0.25) is 0 Å². The van der Waals surface area contributed by atoms with Gasteiger partial charge in [-0.2, -0.15) is 0 Å². The first-order valence-electron chi connectivity index (χ1n) is 5.60. The van der Waals surface area contributed by atoms with E-state index in [1.807, 2.05) is 0 Å². The second-order valence-electron chi connectivity index (χ2n) is 4.36. The molecule has 1 aromatic carbocycles. The largest absolute Gasteiger partial charge is 0.397 e. The lowest BCUT2D eigenvalue weighted by molar-refractivity contribution is 0.485. The van der Waals surface area contributed by atoms with Gasteiger partial charge in [-0.25, -0.2) is 0 Å². The fourth-order valence-electron chi connectivity index (χ4n) is 2.32. The Labute approximate surface area is 106 Å². The number of nitrogens with zero attached hydrogens (tertiary/aromatic N) is 1. The molecule has 1 atom stereocenters. The molecular weight excluding hydrogens is 243 g/mol. The number of benzene rings is 1. The number of piperidine rings is 1. The molecule has 0 saturated carbocycles. The summed E-state index contributed by atoms with van der Waals surface area (Å²) in [5.74, 6) is 0. The molecule has 4 heteroatoms. The average Bonchev–Trinajstić information content (AvgIpc) is 2.19. The number of anilines is 2. The van der Waals surface area contributed by atoms with Crippen LogP contribution < -0.4 is 10.6 Å². The summed E-state index contributed by atoms with van der Waals surface area (Å²) in [5, 5.41) is 1.25. The third-order valence-electron chi connectivity index (χ3n) is 3.15. The second kappa shape index (κ2) is 4.72. The average molecular weight is 259 g/mol. The molecular formula is C12H16Cl2N2. The predicted octanol–water partition coefficient (Wildman–Crippen LogP) is 3.95. The third-order valence-corrected chi connectivity index (χ3v) is 3.65. The summed E-state index contributed by atoms with van der Waals surface area (Å²) in [7, 11) is 0. The first-order valence-corrected chi connectivity index (χ1v) is 6.36. The minimum atomic E-state index is 0.495. The molecule has 2 N–H and O–H groups in total. The summed E-state index contributed by atoms with van der Waals surface area (Å²) < 4.78 is 0. The van der Waals surface area contributed by atoms with Crippen molar-refractivity contribution in [2.24, 2.45) is 0 Å². The standard InChI is InChI=1S/C12H16Cl2N2/c1-8-4-2-3-5-16(8)12-10(14)6-9(13)7-11(12)15/h6-8H,2-5,15H2,1H3/t8-/m1/s1. The first-order chi connectivity index (χ1) is 7.59. The number of hydrogen-bond acceptors (Lipinski definition) is 2. The molecule has 2 rings (SSSR count). The normalized spacial score (nSPS) is 21.2. The van der Waals surface area contributed by atoms with Gasteiger partial charge in [0, 0.05) is 17.6 Å². The molecule has 0 aliphatic carbocycles. The summed E-state index contributed by atoms with van der Waals surface area (Å²) in [5.41, 5.74) is 7.62. The van der Waals surface area contributed by atoms with Crippen molar-refractivity contribution in [1.29, 1.82) is 0 Å². The maximum atomic E-state index is 6.23. The van der Waals surface area contributed by atoms with E-state index < -0.39 is 0 Å². The van der Waals surface area contributed by atoms with Gasteiger partial charge in [0.25, 0.3) is 0 Å². The molecule has 0 unspecified atom stereocenters. The van der Waals surface area contributed by atoms with Crippen molar-refractivity contribution in [2.45, 2.75) is 32.2 Å². The molecule has 1 fully saturated rings. The van der Waals surface area contributed by atoms with Crippen molar-refractivity contribution in [1.82, 2.24) is 0 Å². The zero-order chi connectivity index (χ0) is 11.7. The predicted molar refractivity (Wildman–Crippen MR) is 71.5 cm³/mol. The fourth-order valence-corrected chi connectivity index (χ4v) is 2.94. The highest BCUT2D eigenvalue weighted by Crippen LogP contribution is 2.38. The Morgan fingerprint density at radius 3 is 2.69 bits per heavy atom. The van der Waals surface area contributed by atoms with E-state index >= 15 is 0 Å². The number of nitrogen functional groups attached to an aromatic ring is 1. The van der Waals surface area contributed by atoms with Gasteiger partial charge in [0.1, 0.15) is 0 Å². The van der Waals surface area contributed by atoms with Crippen molar-refractivity contribution >= 4 is 34.6 Å². The zero-order valence-corrected chi connectivity index (χ0v) is 10.9. The van der Waals surface area contributed by atoms with Crippen LogP contribution in [0.2, 0.25) is 10.0 Å². The van der Waals surface area contributed by atoms with Gasteiger partial charge in [0.15, 0.2) is 0 Å². The molecule has 2 nitrogen and oxygen atoms in total. The van der Waals surface area contributed by atoms with Gasteiger partial charge in [-0.3, -0.25) is 0 Å². The second-order valence-corrected chi connectivity index (χ2v) is 5.21. The fraction of sp³-hybridized carbons (Fsp3) is 0.500. The Bertz CT molecular complexity index is 370. The van der Waals surface area contributed by atoms with Crippen LogP contribution in [0, 0.1) is 0 Å². The van der Waals surface area contributed by atoms with Gasteiger partial charge in [-0.1, -0.05) is 23.2 Å². The Balaban J connectivity index is 2.38. The Kier molecular flexibility index (Phi) is 3.50. The number of hydrogen-bond donors (Lipinski definition) is 1. The van der Waals surface area contributed by atoms with Crippen LogP contribution in [0.25, 0.3) is 0 Å². The lowest BCUT2D eigenvalue weighted by atomic mass is 10.0. The van der Waals surface area contributed by atoms with Crippen molar-refractivity contribution < 1.29 is 0 Å². The van der Waals surface area contributed by atoms with Crippen LogP contribution in [0.5, 0.6) is 0 Å². The third kappa shape index (κ3) is 2.23. The zero-order valence-electron chi connectivity index (χ0n) is 9.34. The molecule has 0 radical (unpaired) electrons. The van der Waals surface area contributed by atoms with Crippen LogP contribution in [0.1, 0.15) is 26.2 Å². The highest BCUT2D eigenvalue weighted by molar-refractivity contribution is 6.37. The van der Waals surface area contributed by atoms with E-state index in [9.17, 15) is 0 Å². The van der Waals surface area contributed by atoms with Crippen molar-refractivity contribution in [3.63, 3.8) is 0 Å². The maximum absolute atomic E-state index is 6.23. The van der Waals surface area contributed by atoms with Gasteiger partial charge >= 0.3 is 0 Å². The summed E-state index contributed by atoms with van der Waals surface area (Å²) in [6, 6.07) is 4.02. The summed E-state index contributed by atoms with van der Waals surface area (Å²) in [6.07, 6.45) is 3.67. The van der Waals surface area contributed by atoms with E-state index in [0.29, 0.717) is 21.8 Å². The monoisotopic (exact) mass is 258 g/mol. The summed E-state index contributed by atoms with van der Waals surface area (Å²) in [4.78, 5) is 2.29. The Hall–Kier alpha value is -0.600. The van der Waals surface area contributed by atoms with E-state index in [1.165, 1.54) is 19.3 Å². The van der Waals surface area contributed by atoms with Gasteiger partial charge < -0.3 is 10.6 Å². The van der Waals surface area contributed by atoms with E-state index in [2.05, 4.69) is 11.8 Å². The molecule has 1 saturated heterocycles. The molecule has 0 amide bonds. The lowest BCUT2D eigenvalue weighted by Crippen LogP contribution is -2.38. The highest BCUT2D eigenvalue weighted by atomic mass is 35.5. The Morgan fingerprint density at radius 1 is 1.31 bits per heavy atom. The molecule has 1 aliphatic heterocycles. The molecule has 88 valence electrons. The van der Waals surface area contributed by atoms with E-state index in [0.717, 1.165) is 12.2 Å². The number of rotatable bonds is 1. The lowest BCUT2D eigenvalue weighted by Gasteiger charge is -2.36.